The van der Waals surface area contributed by atoms with Crippen molar-refractivity contribution in [2.75, 3.05) is 31.6 Å². The van der Waals surface area contributed by atoms with Crippen LogP contribution >= 0.6 is 15.9 Å². The third-order valence-electron chi connectivity index (χ3n) is 4.51. The Morgan fingerprint density at radius 2 is 2.04 bits per heavy atom. The van der Waals surface area contributed by atoms with Crippen molar-refractivity contribution in [3.05, 3.63) is 36.4 Å². The van der Waals surface area contributed by atoms with Crippen LogP contribution in [0.15, 0.2) is 30.6 Å². The number of methoxy groups -OCH3 is 1. The van der Waals surface area contributed by atoms with E-state index < -0.39 is 0 Å². The lowest BCUT2D eigenvalue weighted by molar-refractivity contribution is -0.00729. The molecular formula is C16H22BrFN4O. The molecule has 0 spiro atoms. The molecule has 0 aromatic heterocycles. The second-order valence-electron chi connectivity index (χ2n) is 5.85. The van der Waals surface area contributed by atoms with Gasteiger partial charge in [-0.2, -0.15) is 0 Å². The summed E-state index contributed by atoms with van der Waals surface area (Å²) in [6, 6.07) is 4.99. The molecule has 2 N–H and O–H groups in total. The lowest BCUT2D eigenvalue weighted by Gasteiger charge is -2.40. The highest BCUT2D eigenvalue weighted by Gasteiger charge is 2.31. The molecule has 2 aliphatic rings. The number of alkyl halides is 1. The van der Waals surface area contributed by atoms with E-state index in [2.05, 4.69) is 25.9 Å². The minimum Gasteiger partial charge on any atom is -0.494 e. The molecule has 1 aromatic carbocycles. The Morgan fingerprint density at radius 3 is 2.65 bits per heavy atom. The minimum atomic E-state index is -0.361. The first kappa shape index (κ1) is 16.5. The van der Waals surface area contributed by atoms with E-state index in [-0.39, 0.29) is 16.6 Å². The summed E-state index contributed by atoms with van der Waals surface area (Å²) in [6.45, 7) is 2.73. The maximum atomic E-state index is 13.9. The number of ether oxygens (including phenoxy) is 1. The van der Waals surface area contributed by atoms with E-state index in [0.29, 0.717) is 5.92 Å². The van der Waals surface area contributed by atoms with E-state index in [9.17, 15) is 4.39 Å². The fourth-order valence-electron chi connectivity index (χ4n) is 3.05. The Hall–Kier alpha value is -1.31. The van der Waals surface area contributed by atoms with Crippen molar-refractivity contribution < 1.29 is 9.13 Å². The molecule has 0 amide bonds. The Morgan fingerprint density at radius 1 is 1.30 bits per heavy atom. The summed E-state index contributed by atoms with van der Waals surface area (Å²) in [5.74, 6) is 0.516. The molecule has 3 rings (SSSR count). The molecule has 0 saturated carbocycles. The van der Waals surface area contributed by atoms with Gasteiger partial charge < -0.3 is 15.4 Å². The average Bonchev–Trinajstić information content (AvgIpc) is 2.96. The molecule has 1 atom stereocenters. The summed E-state index contributed by atoms with van der Waals surface area (Å²) in [7, 11) is 1.47. The zero-order valence-electron chi connectivity index (χ0n) is 13.2. The summed E-state index contributed by atoms with van der Waals surface area (Å²) < 4.78 is 18.9. The van der Waals surface area contributed by atoms with Crippen LogP contribution in [0.4, 0.5) is 10.1 Å². The van der Waals surface area contributed by atoms with Gasteiger partial charge in [-0.05, 0) is 53.4 Å². The lowest BCUT2D eigenvalue weighted by atomic mass is 9.98. The quantitative estimate of drug-likeness (QED) is 0.638. The molecule has 1 unspecified atom stereocenters. The van der Waals surface area contributed by atoms with Crippen LogP contribution in [0.25, 0.3) is 0 Å². The Bertz CT molecular complexity index is 577. The minimum absolute atomic E-state index is 0.0651. The smallest absolute Gasteiger partial charge is 0.176 e. The Balaban J connectivity index is 1.68. The van der Waals surface area contributed by atoms with Gasteiger partial charge in [-0.25, -0.2) is 9.40 Å². The predicted octanol–water partition coefficient (Wildman–Crippen LogP) is 2.69. The molecule has 1 fully saturated rings. The van der Waals surface area contributed by atoms with Gasteiger partial charge in [-0.15, -0.1) is 0 Å². The van der Waals surface area contributed by atoms with Crippen molar-refractivity contribution in [1.82, 2.24) is 10.0 Å². The number of nitrogens with zero attached hydrogens (tertiary/aromatic N) is 3. The van der Waals surface area contributed by atoms with Crippen molar-refractivity contribution in [3.8, 4) is 5.75 Å². The van der Waals surface area contributed by atoms with Gasteiger partial charge in [-0.3, -0.25) is 5.01 Å². The number of nitrogens with two attached hydrogens (primary N) is 1. The van der Waals surface area contributed by atoms with Gasteiger partial charge in [0.1, 0.15) is 0 Å². The highest BCUT2D eigenvalue weighted by molar-refractivity contribution is 9.09. The van der Waals surface area contributed by atoms with Crippen LogP contribution in [0.1, 0.15) is 12.8 Å². The summed E-state index contributed by atoms with van der Waals surface area (Å²) >= 11 is 3.71. The van der Waals surface area contributed by atoms with Crippen molar-refractivity contribution in [2.45, 2.75) is 17.9 Å². The van der Waals surface area contributed by atoms with Crippen LogP contribution in [0.3, 0.4) is 0 Å². The number of hydrogen-bond acceptors (Lipinski definition) is 5. The highest BCUT2D eigenvalue weighted by Crippen LogP contribution is 2.33. The molecule has 2 heterocycles. The number of piperidine rings is 1. The second-order valence-corrected chi connectivity index (χ2v) is 6.67. The van der Waals surface area contributed by atoms with Crippen LogP contribution < -0.4 is 15.4 Å². The van der Waals surface area contributed by atoms with Crippen molar-refractivity contribution in [1.29, 1.82) is 0 Å². The van der Waals surface area contributed by atoms with Gasteiger partial charge in [0.05, 0.1) is 7.11 Å². The van der Waals surface area contributed by atoms with Crippen LogP contribution in [0.5, 0.6) is 5.75 Å². The van der Waals surface area contributed by atoms with Gasteiger partial charge in [0.25, 0.3) is 0 Å². The molecule has 2 aliphatic heterocycles. The van der Waals surface area contributed by atoms with Gasteiger partial charge in [-0.1, -0.05) is 0 Å². The molecule has 0 aliphatic carbocycles. The van der Waals surface area contributed by atoms with E-state index in [1.54, 1.807) is 6.07 Å². The normalized spacial score (nSPS) is 22.9. The first-order valence-electron chi connectivity index (χ1n) is 7.81. The molecule has 0 radical (unpaired) electrons. The molecular weight excluding hydrogens is 363 g/mol. The standard InChI is InChI=1S/C16H22BrFN4O/c1-23-15-3-2-13(10-14(15)18)21-8-9-22(16(21)17)20-6-4-12(11-19)5-7-20/h2-3,8-10,12,16H,4-7,11,19H2,1H3. The van der Waals surface area contributed by atoms with Crippen LogP contribution in [0, 0.1) is 11.7 Å². The average molecular weight is 385 g/mol. The van der Waals surface area contributed by atoms with E-state index in [4.69, 9.17) is 10.5 Å². The lowest BCUT2D eigenvalue weighted by Crippen LogP contribution is -2.49. The summed E-state index contributed by atoms with van der Waals surface area (Å²) in [5, 5.41) is 4.39. The molecule has 23 heavy (non-hydrogen) atoms. The summed E-state index contributed by atoms with van der Waals surface area (Å²) in [6.07, 6.45) is 6.19. The van der Waals surface area contributed by atoms with Gasteiger partial charge in [0, 0.05) is 37.2 Å². The number of rotatable bonds is 4. The van der Waals surface area contributed by atoms with Crippen LogP contribution in [0.2, 0.25) is 0 Å². The number of hydrogen-bond donors (Lipinski definition) is 1. The number of benzene rings is 1. The molecule has 5 nitrogen and oxygen atoms in total. The molecule has 1 saturated heterocycles. The monoisotopic (exact) mass is 384 g/mol. The van der Waals surface area contributed by atoms with Gasteiger partial charge in [0.15, 0.2) is 16.6 Å². The van der Waals surface area contributed by atoms with E-state index >= 15 is 0 Å². The zero-order chi connectivity index (χ0) is 16.4. The van der Waals surface area contributed by atoms with Crippen molar-refractivity contribution >= 4 is 21.6 Å². The van der Waals surface area contributed by atoms with Crippen LogP contribution in [-0.2, 0) is 0 Å². The Labute approximate surface area is 144 Å². The first-order valence-corrected chi connectivity index (χ1v) is 8.73. The fourth-order valence-corrected chi connectivity index (χ4v) is 3.82. The highest BCUT2D eigenvalue weighted by atomic mass is 79.9. The maximum absolute atomic E-state index is 13.9. The summed E-state index contributed by atoms with van der Waals surface area (Å²) in [4.78, 5) is 1.98. The van der Waals surface area contributed by atoms with E-state index in [1.165, 1.54) is 13.2 Å². The van der Waals surface area contributed by atoms with Crippen molar-refractivity contribution in [3.63, 3.8) is 0 Å². The summed E-state index contributed by atoms with van der Waals surface area (Å²) in [5.41, 5.74) is 6.53. The number of hydrazine groups is 1. The van der Waals surface area contributed by atoms with Crippen molar-refractivity contribution in [2.24, 2.45) is 11.7 Å². The third-order valence-corrected chi connectivity index (χ3v) is 5.37. The number of anilines is 1. The predicted molar refractivity (Wildman–Crippen MR) is 92.5 cm³/mol. The Kier molecular flexibility index (Phi) is 5.08. The largest absolute Gasteiger partial charge is 0.494 e. The maximum Gasteiger partial charge on any atom is 0.176 e. The van der Waals surface area contributed by atoms with E-state index in [1.807, 2.05) is 23.4 Å². The van der Waals surface area contributed by atoms with Gasteiger partial charge in [0.2, 0.25) is 0 Å². The SMILES string of the molecule is COc1ccc(N2C=CN(N3CCC(CN)CC3)C2Br)cc1F. The molecule has 1 aromatic rings. The van der Waals surface area contributed by atoms with Crippen LogP contribution in [-0.4, -0.2) is 41.8 Å². The molecule has 7 heteroatoms. The second kappa shape index (κ2) is 7.07. The molecule has 126 valence electrons. The number of halogens is 2. The molecule has 0 bridgehead atoms. The van der Waals surface area contributed by atoms with E-state index in [0.717, 1.165) is 38.2 Å². The first-order chi connectivity index (χ1) is 11.1. The fraction of sp³-hybridized carbons (Fsp3) is 0.500. The zero-order valence-corrected chi connectivity index (χ0v) is 14.7. The van der Waals surface area contributed by atoms with Gasteiger partial charge >= 0.3 is 0 Å². The topological polar surface area (TPSA) is 45.0 Å². The third kappa shape index (κ3) is 3.32.